The van der Waals surface area contributed by atoms with Gasteiger partial charge in [0.25, 0.3) is 0 Å². The molecule has 9 aromatic rings. The normalized spacial score (nSPS) is 15.0. The summed E-state index contributed by atoms with van der Waals surface area (Å²) < 4.78 is 76.1. The number of benzene rings is 6. The number of fused-ring (bicyclic) bond motifs is 3. The maximum Gasteiger partial charge on any atom is 0.321 e. The second kappa shape index (κ2) is 18.8. The Balaban J connectivity index is 1.57. The summed E-state index contributed by atoms with van der Waals surface area (Å²) in [5.74, 6) is -5.56. The Morgan fingerprint density at radius 1 is 0.347 bits per heavy atom. The van der Waals surface area contributed by atoms with Crippen molar-refractivity contribution in [2.24, 2.45) is 0 Å². The van der Waals surface area contributed by atoms with Gasteiger partial charge in [-0.25, -0.2) is 0 Å². The first-order chi connectivity index (χ1) is 35.1. The van der Waals surface area contributed by atoms with Crippen LogP contribution in [0, 0.1) is 0 Å². The van der Waals surface area contributed by atoms with E-state index in [-0.39, 0.29) is 85.2 Å². The Morgan fingerprint density at radius 2 is 0.583 bits per heavy atom. The van der Waals surface area contributed by atoms with Crippen molar-refractivity contribution in [3.8, 4) is 67.9 Å². The SMILES string of the molecule is COC(=O)C1c2oc3c(c(OC)cc(OC)c3c2-c2ccccc2)C(C(=O)OC)c2oc3c(c(OC)cc(OC)c3c2-c2ccccc2)C(C(=O)OC)c2oc3c1c(OC)cc(OC)c3c2-c1ccccc1. The number of carbonyl (C=O) groups is 3. The minimum absolute atomic E-state index is 0.0416. The van der Waals surface area contributed by atoms with Gasteiger partial charge in [0.2, 0.25) is 0 Å². The topological polar surface area (TPSA) is 174 Å². The Hall–Kier alpha value is -8.85. The second-order valence-electron chi connectivity index (χ2n) is 16.7. The van der Waals surface area contributed by atoms with E-state index in [1.54, 1.807) is 18.2 Å². The number of methoxy groups -OCH3 is 9. The summed E-state index contributed by atoms with van der Waals surface area (Å²) >= 11 is 0. The number of carbonyl (C=O) groups excluding carboxylic acids is 3. The maximum absolute atomic E-state index is 15.2. The third-order valence-corrected chi connectivity index (χ3v) is 13.3. The molecule has 3 unspecified atom stereocenters. The molecule has 0 saturated heterocycles. The van der Waals surface area contributed by atoms with Gasteiger partial charge in [0.1, 0.15) is 86.3 Å². The molecule has 6 aromatic carbocycles. The molecule has 72 heavy (non-hydrogen) atoms. The summed E-state index contributed by atoms with van der Waals surface area (Å²) in [6.45, 7) is 0. The summed E-state index contributed by atoms with van der Waals surface area (Å²) in [7, 11) is 12.6. The molecule has 0 spiro atoms. The van der Waals surface area contributed by atoms with Gasteiger partial charge < -0.3 is 55.9 Å². The first kappa shape index (κ1) is 46.9. The molecule has 3 atom stereocenters. The summed E-state index contributed by atoms with van der Waals surface area (Å²) in [5.41, 5.74) is 3.64. The molecule has 0 fully saturated rings. The lowest BCUT2D eigenvalue weighted by Crippen LogP contribution is -2.17. The average Bonchev–Trinajstić information content (AvgIpc) is 4.14. The van der Waals surface area contributed by atoms with Crippen molar-refractivity contribution in [2.75, 3.05) is 64.0 Å². The molecule has 0 saturated carbocycles. The molecule has 6 bridgehead atoms. The monoisotopic (exact) mass is 972 g/mol. The van der Waals surface area contributed by atoms with E-state index < -0.39 is 35.7 Å². The van der Waals surface area contributed by atoms with Crippen LogP contribution in [0.5, 0.6) is 34.5 Å². The van der Waals surface area contributed by atoms with Crippen molar-refractivity contribution in [3.05, 3.63) is 143 Å². The van der Waals surface area contributed by atoms with Gasteiger partial charge in [-0.3, -0.25) is 14.4 Å². The molecule has 0 radical (unpaired) electrons. The number of hydrogen-bond donors (Lipinski definition) is 0. The quantitative estimate of drug-likeness (QED) is 0.0835. The number of hydrogen-bond acceptors (Lipinski definition) is 15. The van der Waals surface area contributed by atoms with E-state index >= 15 is 14.4 Å². The molecule has 15 heteroatoms. The molecule has 366 valence electrons. The third kappa shape index (κ3) is 7.05. The Bertz CT molecular complexity index is 3190. The number of furan rings is 3. The summed E-state index contributed by atoms with van der Waals surface area (Å²) in [4.78, 5) is 45.5. The molecule has 0 N–H and O–H groups in total. The van der Waals surface area contributed by atoms with E-state index in [1.165, 1.54) is 64.0 Å². The van der Waals surface area contributed by atoms with Crippen molar-refractivity contribution in [1.82, 2.24) is 0 Å². The zero-order valence-corrected chi connectivity index (χ0v) is 40.7. The lowest BCUT2D eigenvalue weighted by Gasteiger charge is -2.20. The fourth-order valence-corrected chi connectivity index (χ4v) is 10.3. The average molecular weight is 973 g/mol. The highest BCUT2D eigenvalue weighted by molar-refractivity contribution is 6.12. The predicted octanol–water partition coefficient (Wildman–Crippen LogP) is 11.2. The van der Waals surface area contributed by atoms with Crippen molar-refractivity contribution < 1.29 is 70.3 Å². The number of esters is 3. The van der Waals surface area contributed by atoms with E-state index in [4.69, 9.17) is 55.9 Å². The van der Waals surface area contributed by atoms with E-state index in [0.717, 1.165) is 0 Å². The molecular formula is C57H48O15. The molecule has 1 aliphatic rings. The maximum atomic E-state index is 15.2. The summed E-state index contributed by atoms with van der Waals surface area (Å²) in [6, 6.07) is 32.7. The van der Waals surface area contributed by atoms with E-state index in [2.05, 4.69) is 0 Å². The highest BCUT2D eigenvalue weighted by Crippen LogP contribution is 2.59. The van der Waals surface area contributed by atoms with Crippen LogP contribution in [0.2, 0.25) is 0 Å². The van der Waals surface area contributed by atoms with Crippen LogP contribution < -0.4 is 28.4 Å². The largest absolute Gasteiger partial charge is 0.496 e. The van der Waals surface area contributed by atoms with Crippen LogP contribution in [0.25, 0.3) is 66.3 Å². The van der Waals surface area contributed by atoms with Gasteiger partial charge in [0.05, 0.1) is 96.8 Å². The highest BCUT2D eigenvalue weighted by atomic mass is 16.5. The zero-order valence-electron chi connectivity index (χ0n) is 40.7. The Morgan fingerprint density at radius 3 is 0.792 bits per heavy atom. The van der Waals surface area contributed by atoms with E-state index in [1.807, 2.05) is 91.0 Å². The van der Waals surface area contributed by atoms with Crippen LogP contribution in [0.15, 0.2) is 122 Å². The summed E-state index contributed by atoms with van der Waals surface area (Å²) in [5, 5.41) is 1.09. The van der Waals surface area contributed by atoms with Crippen molar-refractivity contribution in [3.63, 3.8) is 0 Å². The first-order valence-corrected chi connectivity index (χ1v) is 22.7. The lowest BCUT2D eigenvalue weighted by atomic mass is 9.84. The molecule has 4 heterocycles. The summed E-state index contributed by atoms with van der Waals surface area (Å²) in [6.07, 6.45) is 0. The van der Waals surface area contributed by atoms with Gasteiger partial charge in [0, 0.05) is 34.9 Å². The standard InChI is InChI=1S/C57H48O15/c1-61-31-25-34(64-4)43-46(55(58)67-7)50-38(29-21-15-11-16-22-29)41-33(63-3)27-36(66-6)45(54(41)71-50)48(57(60)69-9)51-39(30-23-17-12-18-24-30)42-32(62-2)26-35(65-5)44(53(42)72-51)47(56(59)68-8)49-37(40(31)52(43)70-49)28-19-13-10-14-20-28/h10-27,46-48H,1-9H3. The molecule has 15 nitrogen and oxygen atoms in total. The Labute approximate surface area is 412 Å². The van der Waals surface area contributed by atoms with Gasteiger partial charge in [-0.15, -0.1) is 0 Å². The minimum atomic E-state index is -1.51. The van der Waals surface area contributed by atoms with Crippen LogP contribution >= 0.6 is 0 Å². The van der Waals surface area contributed by atoms with Crippen LogP contribution in [-0.2, 0) is 28.6 Å². The van der Waals surface area contributed by atoms with Gasteiger partial charge in [-0.2, -0.15) is 0 Å². The number of rotatable bonds is 12. The van der Waals surface area contributed by atoms with Gasteiger partial charge in [-0.05, 0) is 16.7 Å². The molecule has 10 rings (SSSR count). The van der Waals surface area contributed by atoms with Crippen LogP contribution in [0.1, 0.15) is 51.7 Å². The third-order valence-electron chi connectivity index (χ3n) is 13.3. The molecule has 1 aliphatic heterocycles. The smallest absolute Gasteiger partial charge is 0.321 e. The molecule has 0 aliphatic carbocycles. The van der Waals surface area contributed by atoms with Crippen molar-refractivity contribution in [1.29, 1.82) is 0 Å². The minimum Gasteiger partial charge on any atom is -0.496 e. The van der Waals surface area contributed by atoms with Crippen LogP contribution in [0.4, 0.5) is 0 Å². The number of ether oxygens (including phenoxy) is 9. The molecule has 0 amide bonds. The van der Waals surface area contributed by atoms with Crippen molar-refractivity contribution >= 4 is 50.8 Å². The molecule has 3 aromatic heterocycles. The Kier molecular flexibility index (Phi) is 12.2. The lowest BCUT2D eigenvalue weighted by molar-refractivity contribution is -0.142. The van der Waals surface area contributed by atoms with Gasteiger partial charge >= 0.3 is 17.9 Å². The van der Waals surface area contributed by atoms with E-state index in [0.29, 0.717) is 49.5 Å². The van der Waals surface area contributed by atoms with Gasteiger partial charge in [0.15, 0.2) is 0 Å². The second-order valence-corrected chi connectivity index (χ2v) is 16.7. The van der Waals surface area contributed by atoms with Crippen molar-refractivity contribution in [2.45, 2.75) is 17.8 Å². The van der Waals surface area contributed by atoms with Gasteiger partial charge in [-0.1, -0.05) is 91.0 Å². The van der Waals surface area contributed by atoms with Crippen LogP contribution in [-0.4, -0.2) is 81.9 Å². The fourth-order valence-electron chi connectivity index (χ4n) is 10.3. The first-order valence-electron chi connectivity index (χ1n) is 22.7. The highest BCUT2D eigenvalue weighted by Gasteiger charge is 2.46. The zero-order chi connectivity index (χ0) is 50.5. The fraction of sp³-hybridized carbons (Fsp3) is 0.211. The van der Waals surface area contributed by atoms with Crippen LogP contribution in [0.3, 0.4) is 0 Å². The van der Waals surface area contributed by atoms with E-state index in [9.17, 15) is 0 Å². The predicted molar refractivity (Wildman–Crippen MR) is 266 cm³/mol. The molecular weight excluding hydrogens is 925 g/mol.